The molecule has 1 aromatic heterocycles. The van der Waals surface area contributed by atoms with Crippen molar-refractivity contribution >= 4 is 51.8 Å². The highest BCUT2D eigenvalue weighted by molar-refractivity contribution is 7.80. The molecule has 0 aliphatic carbocycles. The molecule has 0 saturated carbocycles. The van der Waals surface area contributed by atoms with E-state index in [9.17, 15) is 9.59 Å². The molecule has 4 rings (SSSR count). The van der Waals surface area contributed by atoms with Gasteiger partial charge in [-0.05, 0) is 42.4 Å². The van der Waals surface area contributed by atoms with Crippen molar-refractivity contribution in [1.82, 2.24) is 9.88 Å². The number of nitrogens with two attached hydrogens (primary N) is 1. The van der Waals surface area contributed by atoms with E-state index in [2.05, 4.69) is 12.2 Å². The van der Waals surface area contributed by atoms with E-state index in [1.54, 1.807) is 6.08 Å². The zero-order valence-corrected chi connectivity index (χ0v) is 16.7. The van der Waals surface area contributed by atoms with Crippen LogP contribution in [0.3, 0.4) is 0 Å². The van der Waals surface area contributed by atoms with Crippen molar-refractivity contribution in [2.24, 2.45) is 5.73 Å². The molecule has 0 spiro atoms. The second-order valence-corrected chi connectivity index (χ2v) is 7.20. The third-order valence-corrected chi connectivity index (χ3v) is 5.20. The van der Waals surface area contributed by atoms with Gasteiger partial charge in [-0.15, -0.1) is 0 Å². The Kier molecular flexibility index (Phi) is 4.90. The van der Waals surface area contributed by atoms with E-state index in [0.717, 1.165) is 28.5 Å². The SMILES string of the molecule is CCc1cccc2c(/C=C3\NC(=S)N(c4ccccc4)C3=O)cn(CC(N)=O)c12. The molecule has 1 aliphatic heterocycles. The number of anilines is 1. The summed E-state index contributed by atoms with van der Waals surface area (Å²) >= 11 is 5.38. The molecule has 1 aliphatic rings. The predicted molar refractivity (Wildman–Crippen MR) is 118 cm³/mol. The zero-order valence-electron chi connectivity index (χ0n) is 15.9. The van der Waals surface area contributed by atoms with Crippen LogP contribution in [0.2, 0.25) is 0 Å². The number of thiocarbonyl (C=S) groups is 1. The summed E-state index contributed by atoms with van der Waals surface area (Å²) in [5, 5.41) is 4.30. The monoisotopic (exact) mass is 404 g/mol. The fourth-order valence-electron chi connectivity index (χ4n) is 3.66. The summed E-state index contributed by atoms with van der Waals surface area (Å²) in [6, 6.07) is 15.3. The number of aryl methyl sites for hydroxylation is 1. The maximum absolute atomic E-state index is 13.0. The number of amides is 2. The summed E-state index contributed by atoms with van der Waals surface area (Å²) in [7, 11) is 0. The van der Waals surface area contributed by atoms with E-state index >= 15 is 0 Å². The molecule has 2 amide bonds. The Hall–Kier alpha value is -3.45. The van der Waals surface area contributed by atoms with Gasteiger partial charge < -0.3 is 15.6 Å². The van der Waals surface area contributed by atoms with Gasteiger partial charge in [-0.25, -0.2) is 0 Å². The Morgan fingerprint density at radius 1 is 1.17 bits per heavy atom. The maximum Gasteiger partial charge on any atom is 0.281 e. The number of para-hydroxylation sites is 2. The smallest absolute Gasteiger partial charge is 0.281 e. The van der Waals surface area contributed by atoms with Crippen molar-refractivity contribution in [3.63, 3.8) is 0 Å². The first-order valence-electron chi connectivity index (χ1n) is 9.30. The zero-order chi connectivity index (χ0) is 20.5. The van der Waals surface area contributed by atoms with Crippen molar-refractivity contribution in [1.29, 1.82) is 0 Å². The fraction of sp³-hybridized carbons (Fsp3) is 0.136. The molecule has 2 aromatic carbocycles. The number of primary amides is 1. The molecule has 0 radical (unpaired) electrons. The van der Waals surface area contributed by atoms with Gasteiger partial charge in [0.25, 0.3) is 5.91 Å². The van der Waals surface area contributed by atoms with E-state index in [1.807, 2.05) is 59.3 Å². The Labute approximate surface area is 173 Å². The Morgan fingerprint density at radius 2 is 1.93 bits per heavy atom. The number of rotatable bonds is 5. The average molecular weight is 404 g/mol. The lowest BCUT2D eigenvalue weighted by molar-refractivity contribution is -0.118. The summed E-state index contributed by atoms with van der Waals surface area (Å²) in [5.74, 6) is -0.637. The van der Waals surface area contributed by atoms with Crippen molar-refractivity contribution in [3.05, 3.63) is 71.6 Å². The molecule has 3 aromatic rings. The normalized spacial score (nSPS) is 15.3. The van der Waals surface area contributed by atoms with Crippen LogP contribution in [0.5, 0.6) is 0 Å². The third kappa shape index (κ3) is 3.40. The van der Waals surface area contributed by atoms with Gasteiger partial charge in [0.15, 0.2) is 5.11 Å². The lowest BCUT2D eigenvalue weighted by Crippen LogP contribution is -2.30. The van der Waals surface area contributed by atoms with Gasteiger partial charge in [0.05, 0.1) is 11.2 Å². The maximum atomic E-state index is 13.0. The Bertz CT molecular complexity index is 1160. The molecule has 6 nitrogen and oxygen atoms in total. The van der Waals surface area contributed by atoms with E-state index < -0.39 is 5.91 Å². The number of hydrogen-bond donors (Lipinski definition) is 2. The number of hydrogen-bond acceptors (Lipinski definition) is 3. The Balaban J connectivity index is 1.80. The van der Waals surface area contributed by atoms with Crippen LogP contribution in [0, 0.1) is 0 Å². The first kappa shape index (κ1) is 18.9. The van der Waals surface area contributed by atoms with E-state index in [1.165, 1.54) is 4.90 Å². The molecule has 3 N–H and O–H groups in total. The molecule has 7 heteroatoms. The molecule has 1 fully saturated rings. The summed E-state index contributed by atoms with van der Waals surface area (Å²) in [6.45, 7) is 2.14. The highest BCUT2D eigenvalue weighted by Gasteiger charge is 2.32. The average Bonchev–Trinajstić information content (AvgIpc) is 3.19. The van der Waals surface area contributed by atoms with Crippen LogP contribution in [-0.4, -0.2) is 21.5 Å². The van der Waals surface area contributed by atoms with Gasteiger partial charge in [0.2, 0.25) is 5.91 Å². The lowest BCUT2D eigenvalue weighted by Gasteiger charge is -2.13. The summed E-state index contributed by atoms with van der Waals surface area (Å²) < 4.78 is 1.84. The van der Waals surface area contributed by atoms with Gasteiger partial charge in [-0.2, -0.15) is 0 Å². The highest BCUT2D eigenvalue weighted by Crippen LogP contribution is 2.29. The molecule has 0 unspecified atom stereocenters. The van der Waals surface area contributed by atoms with Crippen LogP contribution in [0.4, 0.5) is 5.69 Å². The van der Waals surface area contributed by atoms with Crippen molar-refractivity contribution < 1.29 is 9.59 Å². The molecule has 2 heterocycles. The molecular weight excluding hydrogens is 384 g/mol. The van der Waals surface area contributed by atoms with Crippen molar-refractivity contribution in [2.75, 3.05) is 4.90 Å². The first-order chi connectivity index (χ1) is 14.0. The van der Waals surface area contributed by atoms with Crippen molar-refractivity contribution in [2.45, 2.75) is 19.9 Å². The third-order valence-electron chi connectivity index (χ3n) is 4.91. The van der Waals surface area contributed by atoms with Crippen LogP contribution in [0.15, 0.2) is 60.4 Å². The second-order valence-electron chi connectivity index (χ2n) is 6.81. The van der Waals surface area contributed by atoms with Crippen LogP contribution in [0.25, 0.3) is 17.0 Å². The predicted octanol–water partition coefficient (Wildman–Crippen LogP) is 2.95. The summed E-state index contributed by atoms with van der Waals surface area (Å²) in [6.07, 6.45) is 4.45. The fourth-order valence-corrected chi connectivity index (χ4v) is 3.96. The van der Waals surface area contributed by atoms with Crippen LogP contribution >= 0.6 is 12.2 Å². The number of fused-ring (bicyclic) bond motifs is 1. The largest absolute Gasteiger partial charge is 0.368 e. The summed E-state index contributed by atoms with van der Waals surface area (Å²) in [4.78, 5) is 26.0. The molecular formula is C22H20N4O2S. The van der Waals surface area contributed by atoms with Crippen molar-refractivity contribution in [3.8, 4) is 0 Å². The number of carbonyl (C=O) groups excluding carboxylic acids is 2. The molecule has 146 valence electrons. The van der Waals surface area contributed by atoms with E-state index in [0.29, 0.717) is 16.5 Å². The Morgan fingerprint density at radius 3 is 2.62 bits per heavy atom. The number of aromatic nitrogens is 1. The van der Waals surface area contributed by atoms with Gasteiger partial charge in [0, 0.05) is 17.1 Å². The second kappa shape index (κ2) is 7.52. The summed E-state index contributed by atoms with van der Waals surface area (Å²) in [5.41, 5.74) is 9.42. The number of nitrogens with one attached hydrogen (secondary N) is 1. The number of nitrogens with zero attached hydrogens (tertiary/aromatic N) is 2. The van der Waals surface area contributed by atoms with Gasteiger partial charge in [0.1, 0.15) is 12.2 Å². The molecule has 0 atom stereocenters. The van der Waals surface area contributed by atoms with Gasteiger partial charge in [-0.1, -0.05) is 43.3 Å². The number of benzene rings is 2. The molecule has 29 heavy (non-hydrogen) atoms. The first-order valence-corrected chi connectivity index (χ1v) is 9.71. The molecule has 1 saturated heterocycles. The topological polar surface area (TPSA) is 80.4 Å². The van der Waals surface area contributed by atoms with Crippen LogP contribution in [-0.2, 0) is 22.6 Å². The number of carbonyl (C=O) groups is 2. The van der Waals surface area contributed by atoms with Crippen LogP contribution < -0.4 is 16.0 Å². The van der Waals surface area contributed by atoms with Gasteiger partial charge >= 0.3 is 0 Å². The quantitative estimate of drug-likeness (QED) is 0.506. The minimum Gasteiger partial charge on any atom is -0.368 e. The molecule has 0 bridgehead atoms. The van der Waals surface area contributed by atoms with E-state index in [-0.39, 0.29) is 12.5 Å². The standard InChI is InChI=1S/C22H20N4O2S/c1-2-14-7-6-10-17-15(12-25(20(14)17)13-19(23)27)11-18-21(28)26(22(29)24-18)16-8-4-3-5-9-16/h3-12H,2,13H2,1H3,(H2,23,27)(H,24,29)/b18-11-. The lowest BCUT2D eigenvalue weighted by atomic mass is 10.1. The van der Waals surface area contributed by atoms with Crippen LogP contribution in [0.1, 0.15) is 18.1 Å². The van der Waals surface area contributed by atoms with E-state index in [4.69, 9.17) is 18.0 Å². The van der Waals surface area contributed by atoms with Gasteiger partial charge in [-0.3, -0.25) is 14.5 Å². The minimum absolute atomic E-state index is 0.0760. The minimum atomic E-state index is -0.418. The highest BCUT2D eigenvalue weighted by atomic mass is 32.1.